The van der Waals surface area contributed by atoms with Crippen molar-refractivity contribution >= 4 is 17.3 Å². The van der Waals surface area contributed by atoms with Gasteiger partial charge in [-0.05, 0) is 43.3 Å². The van der Waals surface area contributed by atoms with E-state index in [4.69, 9.17) is 12.2 Å². The maximum Gasteiger partial charge on any atom is 0.169 e. The van der Waals surface area contributed by atoms with Crippen molar-refractivity contribution in [3.8, 4) is 0 Å². The first-order chi connectivity index (χ1) is 7.83. The number of fused-ring (bicyclic) bond motifs is 2. The third-order valence-electron chi connectivity index (χ3n) is 3.93. The maximum absolute atomic E-state index is 5.48. The highest BCUT2D eigenvalue weighted by Gasteiger charge is 2.36. The molecule has 1 heterocycles. The maximum atomic E-state index is 5.48. The van der Waals surface area contributed by atoms with Crippen LogP contribution in [0, 0.1) is 11.8 Å². The molecule has 3 aliphatic rings. The minimum Gasteiger partial charge on any atom is -0.359 e. The molecule has 2 aliphatic carbocycles. The van der Waals surface area contributed by atoms with E-state index in [-0.39, 0.29) is 0 Å². The fourth-order valence-electron chi connectivity index (χ4n) is 3.02. The molecule has 0 aromatic heterocycles. The molecule has 0 aromatic rings. The molecule has 1 fully saturated rings. The predicted molar refractivity (Wildman–Crippen MR) is 70.2 cm³/mol. The summed E-state index contributed by atoms with van der Waals surface area (Å²) in [6, 6.07) is 0.591. The second-order valence-corrected chi connectivity index (χ2v) is 5.43. The first-order valence-corrected chi connectivity index (χ1v) is 6.62. The summed E-state index contributed by atoms with van der Waals surface area (Å²) in [5.41, 5.74) is 0. The van der Waals surface area contributed by atoms with Gasteiger partial charge in [0.1, 0.15) is 0 Å². The fraction of sp³-hybridized carbons (Fsp3) is 0.615. The number of nitrogens with zero attached hydrogens (tertiary/aromatic N) is 1. The van der Waals surface area contributed by atoms with Crippen LogP contribution in [-0.4, -0.2) is 29.1 Å². The number of rotatable bonds is 1. The molecule has 3 heteroatoms. The van der Waals surface area contributed by atoms with Crippen LogP contribution in [-0.2, 0) is 0 Å². The van der Waals surface area contributed by atoms with Gasteiger partial charge in [-0.3, -0.25) is 0 Å². The highest BCUT2D eigenvalue weighted by atomic mass is 32.1. The number of hydrogen-bond donors (Lipinski definition) is 1. The molecule has 1 aliphatic heterocycles. The quantitative estimate of drug-likeness (QED) is 0.552. The monoisotopic (exact) mass is 234 g/mol. The lowest BCUT2D eigenvalue weighted by Crippen LogP contribution is -2.47. The van der Waals surface area contributed by atoms with Crippen molar-refractivity contribution in [1.29, 1.82) is 0 Å². The lowest BCUT2D eigenvalue weighted by molar-refractivity contribution is 0.421. The third-order valence-corrected chi connectivity index (χ3v) is 4.31. The Morgan fingerprint density at radius 1 is 1.25 bits per heavy atom. The van der Waals surface area contributed by atoms with Crippen molar-refractivity contribution in [2.24, 2.45) is 11.8 Å². The molecule has 3 rings (SSSR count). The Kier molecular flexibility index (Phi) is 2.72. The molecule has 0 radical (unpaired) electrons. The molecular weight excluding hydrogens is 216 g/mol. The Labute approximate surface area is 102 Å². The van der Waals surface area contributed by atoms with E-state index in [1.54, 1.807) is 0 Å². The molecule has 1 saturated carbocycles. The van der Waals surface area contributed by atoms with Gasteiger partial charge in [-0.2, -0.15) is 0 Å². The molecule has 0 saturated heterocycles. The van der Waals surface area contributed by atoms with Crippen molar-refractivity contribution in [3.63, 3.8) is 0 Å². The minimum absolute atomic E-state index is 0.591. The summed E-state index contributed by atoms with van der Waals surface area (Å²) < 4.78 is 0. The molecule has 2 nitrogen and oxygen atoms in total. The fourth-order valence-corrected chi connectivity index (χ4v) is 3.34. The smallest absolute Gasteiger partial charge is 0.169 e. The number of hydrogen-bond acceptors (Lipinski definition) is 1. The summed E-state index contributed by atoms with van der Waals surface area (Å²) in [4.78, 5) is 2.27. The lowest BCUT2D eigenvalue weighted by atomic mass is 10.0. The van der Waals surface area contributed by atoms with Crippen LogP contribution >= 0.6 is 12.2 Å². The summed E-state index contributed by atoms with van der Waals surface area (Å²) in [5.74, 6) is 1.54. The van der Waals surface area contributed by atoms with E-state index in [1.807, 2.05) is 0 Å². The molecule has 3 unspecified atom stereocenters. The number of thiocarbonyl (C=S) groups is 1. The van der Waals surface area contributed by atoms with Crippen molar-refractivity contribution < 1.29 is 0 Å². The van der Waals surface area contributed by atoms with E-state index >= 15 is 0 Å². The number of nitrogens with one attached hydrogen (secondary N) is 1. The van der Waals surface area contributed by atoms with E-state index in [9.17, 15) is 0 Å². The van der Waals surface area contributed by atoms with Crippen molar-refractivity contribution in [2.45, 2.75) is 25.3 Å². The Hall–Kier alpha value is -0.830. The molecule has 86 valence electrons. The average Bonchev–Trinajstić information content (AvgIpc) is 2.92. The molecule has 0 amide bonds. The van der Waals surface area contributed by atoms with Gasteiger partial charge in [0.25, 0.3) is 0 Å². The van der Waals surface area contributed by atoms with Crippen LogP contribution in [0.1, 0.15) is 19.3 Å². The Morgan fingerprint density at radius 3 is 2.81 bits per heavy atom. The van der Waals surface area contributed by atoms with E-state index in [2.05, 4.69) is 34.5 Å². The minimum atomic E-state index is 0.591. The van der Waals surface area contributed by atoms with Crippen LogP contribution in [0.4, 0.5) is 0 Å². The van der Waals surface area contributed by atoms with Gasteiger partial charge in [0.2, 0.25) is 0 Å². The van der Waals surface area contributed by atoms with Crippen LogP contribution in [0.5, 0.6) is 0 Å². The van der Waals surface area contributed by atoms with Crippen LogP contribution < -0.4 is 5.32 Å². The van der Waals surface area contributed by atoms with Gasteiger partial charge in [0, 0.05) is 19.1 Å². The molecular formula is C13H18N2S. The topological polar surface area (TPSA) is 15.3 Å². The molecule has 0 spiro atoms. The lowest BCUT2D eigenvalue weighted by Gasteiger charge is -2.30. The first kappa shape index (κ1) is 10.3. The number of allylic oxidation sites excluding steroid dienone is 1. The SMILES string of the molecule is S=C(NC1CC2C=CC1C2)N1CC=CCC1. The molecule has 16 heavy (non-hydrogen) atoms. The Balaban J connectivity index is 1.56. The van der Waals surface area contributed by atoms with E-state index in [0.29, 0.717) is 6.04 Å². The molecule has 3 atom stereocenters. The second-order valence-electron chi connectivity index (χ2n) is 5.04. The zero-order valence-electron chi connectivity index (χ0n) is 9.43. The highest BCUT2D eigenvalue weighted by Crippen LogP contribution is 2.38. The second kappa shape index (κ2) is 4.21. The van der Waals surface area contributed by atoms with E-state index in [0.717, 1.165) is 36.5 Å². The standard InChI is InChI=1S/C13H18N2S/c16-13(15-6-2-1-3-7-15)14-12-9-10-4-5-11(12)8-10/h1-2,4-5,10-12H,3,6-9H2,(H,14,16). The summed E-state index contributed by atoms with van der Waals surface area (Å²) in [6.07, 6.45) is 12.9. The predicted octanol–water partition coefficient (Wildman–Crippen LogP) is 2.09. The third kappa shape index (κ3) is 1.88. The first-order valence-electron chi connectivity index (χ1n) is 6.22. The van der Waals surface area contributed by atoms with Gasteiger partial charge >= 0.3 is 0 Å². The van der Waals surface area contributed by atoms with Gasteiger partial charge in [-0.25, -0.2) is 0 Å². The van der Waals surface area contributed by atoms with Gasteiger partial charge in [-0.1, -0.05) is 24.3 Å². The molecule has 1 N–H and O–H groups in total. The summed E-state index contributed by atoms with van der Waals surface area (Å²) in [5, 5.41) is 4.51. The average molecular weight is 234 g/mol. The zero-order chi connectivity index (χ0) is 11.0. The van der Waals surface area contributed by atoms with Crippen molar-refractivity contribution in [1.82, 2.24) is 10.2 Å². The van der Waals surface area contributed by atoms with E-state index in [1.165, 1.54) is 12.8 Å². The van der Waals surface area contributed by atoms with Gasteiger partial charge in [0.05, 0.1) is 0 Å². The van der Waals surface area contributed by atoms with Gasteiger partial charge < -0.3 is 10.2 Å². The van der Waals surface area contributed by atoms with Gasteiger partial charge in [-0.15, -0.1) is 0 Å². The van der Waals surface area contributed by atoms with Crippen LogP contribution in [0.15, 0.2) is 24.3 Å². The summed E-state index contributed by atoms with van der Waals surface area (Å²) in [7, 11) is 0. The normalized spacial score (nSPS) is 35.8. The largest absolute Gasteiger partial charge is 0.359 e. The molecule has 2 bridgehead atoms. The Morgan fingerprint density at radius 2 is 2.19 bits per heavy atom. The Bertz CT molecular complexity index is 348. The van der Waals surface area contributed by atoms with Crippen LogP contribution in [0.25, 0.3) is 0 Å². The van der Waals surface area contributed by atoms with Crippen LogP contribution in [0.2, 0.25) is 0 Å². The van der Waals surface area contributed by atoms with Crippen LogP contribution in [0.3, 0.4) is 0 Å². The highest BCUT2D eigenvalue weighted by molar-refractivity contribution is 7.80. The van der Waals surface area contributed by atoms with E-state index < -0.39 is 0 Å². The zero-order valence-corrected chi connectivity index (χ0v) is 10.2. The van der Waals surface area contributed by atoms with Gasteiger partial charge in [0.15, 0.2) is 5.11 Å². The molecule has 0 aromatic carbocycles. The summed E-state index contributed by atoms with van der Waals surface area (Å²) in [6.45, 7) is 2.04. The van der Waals surface area contributed by atoms with Crippen molar-refractivity contribution in [3.05, 3.63) is 24.3 Å². The van der Waals surface area contributed by atoms with Crippen molar-refractivity contribution in [2.75, 3.05) is 13.1 Å². The summed E-state index contributed by atoms with van der Waals surface area (Å²) >= 11 is 5.48.